The molecule has 0 aliphatic carbocycles. The van der Waals surface area contributed by atoms with Crippen LogP contribution in [0.5, 0.6) is 0 Å². The minimum atomic E-state index is -1.74. The second-order valence-corrected chi connectivity index (χ2v) is 10.5. The predicted octanol–water partition coefficient (Wildman–Crippen LogP) is 7.30. The van der Waals surface area contributed by atoms with E-state index >= 15 is 0 Å². The van der Waals surface area contributed by atoms with Gasteiger partial charge in [-0.15, -0.1) is 11.8 Å². The van der Waals surface area contributed by atoms with Crippen LogP contribution in [0.2, 0.25) is 0 Å². The average Bonchev–Trinajstić information content (AvgIpc) is 3.02. The number of hydrogen-bond donors (Lipinski definition) is 3. The smallest absolute Gasteiger partial charge is 0.272 e. The third-order valence-electron chi connectivity index (χ3n) is 6.13. The molecule has 1 atom stereocenters. The molecule has 4 aromatic carbocycles. The first-order valence-electron chi connectivity index (χ1n) is 13.1. The minimum Gasteiger partial charge on any atom is -0.321 e. The van der Waals surface area contributed by atoms with Crippen LogP contribution in [0.15, 0.2) is 95.5 Å². The summed E-state index contributed by atoms with van der Waals surface area (Å²) in [6.07, 6.45) is 1.35. The Hall–Kier alpha value is -4.97. The summed E-state index contributed by atoms with van der Waals surface area (Å²) < 4.78 is 69.7. The molecule has 44 heavy (non-hydrogen) atoms. The van der Waals surface area contributed by atoms with Crippen LogP contribution >= 0.6 is 11.8 Å². The maximum Gasteiger partial charge on any atom is 0.272 e. The van der Waals surface area contributed by atoms with E-state index in [1.54, 1.807) is 55.5 Å². The summed E-state index contributed by atoms with van der Waals surface area (Å²) in [6.45, 7) is 1.62. The van der Waals surface area contributed by atoms with Crippen molar-refractivity contribution in [1.82, 2.24) is 5.32 Å². The van der Waals surface area contributed by atoms with E-state index in [0.717, 1.165) is 11.8 Å². The molecular formula is C32H24F5N3O3S. The lowest BCUT2D eigenvalue weighted by atomic mass is 10.1. The number of carbonyl (C=O) groups is 3. The minimum absolute atomic E-state index is 0.0379. The van der Waals surface area contributed by atoms with E-state index in [0.29, 0.717) is 4.90 Å². The van der Waals surface area contributed by atoms with Gasteiger partial charge in [0.1, 0.15) is 17.2 Å². The number of rotatable bonds is 10. The van der Waals surface area contributed by atoms with Gasteiger partial charge >= 0.3 is 0 Å². The summed E-state index contributed by atoms with van der Waals surface area (Å²) in [4.78, 5) is 39.3. The zero-order valence-corrected chi connectivity index (χ0v) is 23.8. The van der Waals surface area contributed by atoms with Gasteiger partial charge in [-0.25, -0.2) is 22.0 Å². The number of hydrogen-bond acceptors (Lipinski definition) is 4. The highest BCUT2D eigenvalue weighted by molar-refractivity contribution is 8.00. The van der Waals surface area contributed by atoms with Crippen molar-refractivity contribution in [3.8, 4) is 0 Å². The monoisotopic (exact) mass is 625 g/mol. The Morgan fingerprint density at radius 2 is 1.43 bits per heavy atom. The van der Waals surface area contributed by atoms with Crippen molar-refractivity contribution < 1.29 is 36.3 Å². The number of carbonyl (C=O) groups excluding carboxylic acids is 3. The average molecular weight is 626 g/mol. The lowest BCUT2D eigenvalue weighted by Crippen LogP contribution is -2.30. The number of amides is 3. The van der Waals surface area contributed by atoms with Crippen molar-refractivity contribution in [1.29, 1.82) is 0 Å². The van der Waals surface area contributed by atoms with Gasteiger partial charge in [0.25, 0.3) is 11.8 Å². The maximum absolute atomic E-state index is 14.4. The van der Waals surface area contributed by atoms with Crippen LogP contribution in [0, 0.1) is 29.1 Å². The molecule has 0 aliphatic rings. The van der Waals surface area contributed by atoms with Gasteiger partial charge in [0.05, 0.1) is 5.25 Å². The summed E-state index contributed by atoms with van der Waals surface area (Å²) >= 11 is 0.969. The molecule has 0 aliphatic heterocycles. The lowest BCUT2D eigenvalue weighted by molar-refractivity contribution is -0.116. The third kappa shape index (κ3) is 7.90. The predicted molar refractivity (Wildman–Crippen MR) is 158 cm³/mol. The summed E-state index contributed by atoms with van der Waals surface area (Å²) in [5.74, 6) is -9.69. The van der Waals surface area contributed by atoms with E-state index in [1.165, 1.54) is 36.4 Å². The second kappa shape index (κ2) is 14.5. The SMILES string of the molecule is CCC(Sc1cccc(NC(=O)/C(=C/c2ccccc2F)NC(=O)c2ccccc2)c1)C(=O)Nc1c(F)c(F)cc(F)c1F. The van der Waals surface area contributed by atoms with Crippen LogP contribution in [0.4, 0.5) is 33.3 Å². The highest BCUT2D eigenvalue weighted by Crippen LogP contribution is 2.30. The largest absolute Gasteiger partial charge is 0.321 e. The molecule has 226 valence electrons. The van der Waals surface area contributed by atoms with Crippen molar-refractivity contribution in [3.63, 3.8) is 0 Å². The first kappa shape index (κ1) is 32.0. The number of anilines is 2. The molecular weight excluding hydrogens is 601 g/mol. The molecule has 4 aromatic rings. The van der Waals surface area contributed by atoms with Crippen LogP contribution in [-0.2, 0) is 9.59 Å². The topological polar surface area (TPSA) is 87.3 Å². The van der Waals surface area contributed by atoms with Crippen LogP contribution in [0.3, 0.4) is 0 Å². The molecule has 0 bridgehead atoms. The van der Waals surface area contributed by atoms with E-state index in [2.05, 4.69) is 10.6 Å². The summed E-state index contributed by atoms with van der Waals surface area (Å²) in [6, 6.07) is 20.0. The number of thioether (sulfide) groups is 1. The summed E-state index contributed by atoms with van der Waals surface area (Å²) in [5.41, 5.74) is -0.924. The maximum atomic E-state index is 14.4. The van der Waals surface area contributed by atoms with Gasteiger partial charge in [-0.1, -0.05) is 49.4 Å². The number of nitrogens with one attached hydrogen (secondary N) is 3. The van der Waals surface area contributed by atoms with Crippen molar-refractivity contribution in [3.05, 3.63) is 131 Å². The molecule has 0 heterocycles. The molecule has 0 fully saturated rings. The van der Waals surface area contributed by atoms with Crippen LogP contribution in [-0.4, -0.2) is 23.0 Å². The van der Waals surface area contributed by atoms with Gasteiger partial charge in [0, 0.05) is 27.8 Å². The van der Waals surface area contributed by atoms with E-state index in [9.17, 15) is 36.3 Å². The second-order valence-electron chi connectivity index (χ2n) is 9.23. The Morgan fingerprint density at radius 1 is 0.773 bits per heavy atom. The first-order chi connectivity index (χ1) is 21.1. The summed E-state index contributed by atoms with van der Waals surface area (Å²) in [5, 5.41) is 6.10. The Morgan fingerprint density at radius 3 is 2.09 bits per heavy atom. The van der Waals surface area contributed by atoms with Crippen molar-refractivity contribution in [2.24, 2.45) is 0 Å². The van der Waals surface area contributed by atoms with E-state index in [1.807, 2.05) is 5.32 Å². The molecule has 0 aromatic heterocycles. The Bertz CT molecular complexity index is 1710. The van der Waals surface area contributed by atoms with E-state index in [4.69, 9.17) is 0 Å². The molecule has 3 amide bonds. The van der Waals surface area contributed by atoms with Gasteiger partial charge in [0.15, 0.2) is 23.3 Å². The molecule has 0 saturated heterocycles. The standard InChI is InChI=1S/C32H24F5N3O3S/c1-2-26(32(43)40-29-27(36)23(34)17-24(35)28(29)37)44-21-13-8-12-20(16-21)38-31(42)25(15-19-11-6-7-14-22(19)33)39-30(41)18-9-4-3-5-10-18/h3-17,26H,2H2,1H3,(H,38,42)(H,39,41)(H,40,43)/b25-15-. The fourth-order valence-corrected chi connectivity index (χ4v) is 4.92. The van der Waals surface area contributed by atoms with Gasteiger partial charge in [-0.3, -0.25) is 14.4 Å². The van der Waals surface area contributed by atoms with Gasteiger partial charge in [0.2, 0.25) is 5.91 Å². The Labute approximate surface area is 253 Å². The molecule has 0 radical (unpaired) electrons. The third-order valence-corrected chi connectivity index (χ3v) is 7.49. The number of benzene rings is 4. The highest BCUT2D eigenvalue weighted by atomic mass is 32.2. The molecule has 3 N–H and O–H groups in total. The molecule has 1 unspecified atom stereocenters. The molecule has 0 saturated carbocycles. The summed E-state index contributed by atoms with van der Waals surface area (Å²) in [7, 11) is 0. The molecule has 6 nitrogen and oxygen atoms in total. The van der Waals surface area contributed by atoms with Crippen LogP contribution in [0.1, 0.15) is 29.3 Å². The van der Waals surface area contributed by atoms with Crippen LogP contribution in [0.25, 0.3) is 6.08 Å². The Kier molecular flexibility index (Phi) is 10.5. The normalized spacial score (nSPS) is 11.9. The van der Waals surface area contributed by atoms with Crippen molar-refractivity contribution in [2.75, 3.05) is 10.6 Å². The zero-order valence-electron chi connectivity index (χ0n) is 23.0. The molecule has 4 rings (SSSR count). The Balaban J connectivity index is 1.53. The lowest BCUT2D eigenvalue weighted by Gasteiger charge is -2.17. The van der Waals surface area contributed by atoms with E-state index in [-0.39, 0.29) is 35.0 Å². The number of halogens is 5. The fraction of sp³-hybridized carbons (Fsp3) is 0.0938. The molecule has 12 heteroatoms. The quantitative estimate of drug-likeness (QED) is 0.0747. The van der Waals surface area contributed by atoms with Gasteiger partial charge < -0.3 is 16.0 Å². The zero-order chi connectivity index (χ0) is 31.8. The van der Waals surface area contributed by atoms with Crippen LogP contribution < -0.4 is 16.0 Å². The van der Waals surface area contributed by atoms with E-state index < -0.39 is 57.7 Å². The van der Waals surface area contributed by atoms with Gasteiger partial charge in [-0.2, -0.15) is 0 Å². The van der Waals surface area contributed by atoms with Crippen molar-refractivity contribution >= 4 is 46.9 Å². The van der Waals surface area contributed by atoms with Gasteiger partial charge in [-0.05, 0) is 48.9 Å². The highest BCUT2D eigenvalue weighted by Gasteiger charge is 2.25. The van der Waals surface area contributed by atoms with Crippen molar-refractivity contribution in [2.45, 2.75) is 23.5 Å². The first-order valence-corrected chi connectivity index (χ1v) is 14.0. The molecule has 0 spiro atoms. The fourth-order valence-electron chi connectivity index (χ4n) is 3.91.